The van der Waals surface area contributed by atoms with Crippen LogP contribution in [0.5, 0.6) is 0 Å². The van der Waals surface area contributed by atoms with Crippen molar-refractivity contribution in [2.24, 2.45) is 0 Å². The highest BCUT2D eigenvalue weighted by atomic mass is 32.2. The number of benzene rings is 2. The van der Waals surface area contributed by atoms with Crippen molar-refractivity contribution >= 4 is 31.6 Å². The number of piperazine rings is 1. The van der Waals surface area contributed by atoms with Crippen LogP contribution in [0, 0.1) is 11.6 Å². The summed E-state index contributed by atoms with van der Waals surface area (Å²) < 4.78 is 78.7. The number of hydrogen-bond donors (Lipinski definition) is 1. The number of rotatable bonds is 5. The first-order valence-corrected chi connectivity index (χ1v) is 12.1. The summed E-state index contributed by atoms with van der Waals surface area (Å²) >= 11 is 0. The van der Waals surface area contributed by atoms with Crippen LogP contribution in [0.1, 0.15) is 10.4 Å². The third-order valence-corrected chi connectivity index (χ3v) is 7.01. The lowest BCUT2D eigenvalue weighted by Gasteiger charge is -2.34. The van der Waals surface area contributed by atoms with Gasteiger partial charge in [0.15, 0.2) is 0 Å². The Balaban J connectivity index is 1.75. The lowest BCUT2D eigenvalue weighted by molar-refractivity contribution is 0.0699. The summed E-state index contributed by atoms with van der Waals surface area (Å²) in [4.78, 5) is 13.6. The molecular formula is C18H19F2N3O5S2. The van der Waals surface area contributed by atoms with Crippen molar-refractivity contribution in [3.63, 3.8) is 0 Å². The number of nitrogens with zero attached hydrogens (tertiary/aromatic N) is 2. The Labute approximate surface area is 173 Å². The number of carbonyl (C=O) groups is 1. The van der Waals surface area contributed by atoms with Gasteiger partial charge in [0.2, 0.25) is 20.0 Å². The van der Waals surface area contributed by atoms with E-state index in [-0.39, 0.29) is 37.4 Å². The first-order chi connectivity index (χ1) is 14.0. The summed E-state index contributed by atoms with van der Waals surface area (Å²) in [6, 6.07) is 8.30. The first kappa shape index (κ1) is 22.1. The number of carbonyl (C=O) groups excluding carboxylic acids is 1. The Bertz CT molecular complexity index is 1180. The van der Waals surface area contributed by atoms with Crippen molar-refractivity contribution in [2.75, 3.05) is 37.2 Å². The molecule has 1 aliphatic rings. The van der Waals surface area contributed by atoms with E-state index in [1.165, 1.54) is 17.0 Å². The van der Waals surface area contributed by atoms with Crippen LogP contribution in [0.4, 0.5) is 14.5 Å². The number of halogens is 2. The van der Waals surface area contributed by atoms with Crippen LogP contribution < -0.4 is 4.72 Å². The number of para-hydroxylation sites is 1. The Morgan fingerprint density at radius 1 is 0.967 bits per heavy atom. The average Bonchev–Trinajstić information content (AvgIpc) is 2.66. The van der Waals surface area contributed by atoms with Crippen LogP contribution in [0.15, 0.2) is 47.4 Å². The molecule has 0 aliphatic carbocycles. The Kier molecular flexibility index (Phi) is 6.11. The molecule has 12 heteroatoms. The quantitative estimate of drug-likeness (QED) is 0.730. The molecule has 162 valence electrons. The molecule has 8 nitrogen and oxygen atoms in total. The predicted molar refractivity (Wildman–Crippen MR) is 106 cm³/mol. The Morgan fingerprint density at radius 2 is 1.60 bits per heavy atom. The molecule has 1 saturated heterocycles. The first-order valence-electron chi connectivity index (χ1n) is 8.80. The molecule has 0 saturated carbocycles. The average molecular weight is 459 g/mol. The van der Waals surface area contributed by atoms with Gasteiger partial charge in [0.1, 0.15) is 16.5 Å². The molecule has 1 N–H and O–H groups in total. The topological polar surface area (TPSA) is 104 Å². The molecule has 1 fully saturated rings. The minimum absolute atomic E-state index is 0.0219. The molecule has 2 aromatic carbocycles. The zero-order valence-electron chi connectivity index (χ0n) is 15.9. The predicted octanol–water partition coefficient (Wildman–Crippen LogP) is 1.48. The standard InChI is InChI=1S/C18H19F2N3O5S2/c1-29(25,26)21-16-5-3-2-4-14(16)18(24)22-8-10-23(11-9-22)30(27,28)17-7-6-13(19)12-15(17)20/h2-7,12,21H,8-11H2,1H3. The van der Waals surface area contributed by atoms with Crippen molar-refractivity contribution in [3.05, 3.63) is 59.7 Å². The van der Waals surface area contributed by atoms with E-state index in [9.17, 15) is 30.4 Å². The zero-order chi connectivity index (χ0) is 22.1. The van der Waals surface area contributed by atoms with E-state index in [0.717, 1.165) is 22.7 Å². The summed E-state index contributed by atoms with van der Waals surface area (Å²) in [5.41, 5.74) is 0.247. The van der Waals surface area contributed by atoms with Gasteiger partial charge >= 0.3 is 0 Å². The lowest BCUT2D eigenvalue weighted by Crippen LogP contribution is -2.50. The number of sulfonamides is 2. The Morgan fingerprint density at radius 3 is 2.20 bits per heavy atom. The number of hydrogen-bond acceptors (Lipinski definition) is 5. The van der Waals surface area contributed by atoms with E-state index in [1.807, 2.05) is 0 Å². The van der Waals surface area contributed by atoms with Crippen LogP contribution in [-0.2, 0) is 20.0 Å². The molecule has 1 amide bonds. The smallest absolute Gasteiger partial charge is 0.256 e. The fourth-order valence-electron chi connectivity index (χ4n) is 3.08. The monoisotopic (exact) mass is 459 g/mol. The molecule has 1 heterocycles. The molecule has 0 unspecified atom stereocenters. The normalized spacial score (nSPS) is 15.8. The van der Waals surface area contributed by atoms with Gasteiger partial charge in [-0.05, 0) is 24.3 Å². The minimum atomic E-state index is -4.19. The van der Waals surface area contributed by atoms with Crippen LogP contribution in [0.2, 0.25) is 0 Å². The van der Waals surface area contributed by atoms with Crippen molar-refractivity contribution in [1.29, 1.82) is 0 Å². The van der Waals surface area contributed by atoms with Gasteiger partial charge < -0.3 is 4.90 Å². The Hall–Kier alpha value is -2.57. The SMILES string of the molecule is CS(=O)(=O)Nc1ccccc1C(=O)N1CCN(S(=O)(=O)c2ccc(F)cc2F)CC1. The summed E-state index contributed by atoms with van der Waals surface area (Å²) in [5, 5.41) is 0. The van der Waals surface area contributed by atoms with Crippen LogP contribution in [0.3, 0.4) is 0 Å². The van der Waals surface area contributed by atoms with Crippen LogP contribution >= 0.6 is 0 Å². The van der Waals surface area contributed by atoms with E-state index >= 15 is 0 Å². The summed E-state index contributed by atoms with van der Waals surface area (Å²) in [6.45, 7) is -0.138. The molecule has 0 atom stereocenters. The highest BCUT2D eigenvalue weighted by Crippen LogP contribution is 2.23. The third-order valence-electron chi connectivity index (χ3n) is 4.49. The van der Waals surface area contributed by atoms with Gasteiger partial charge in [0.05, 0.1) is 17.5 Å². The summed E-state index contributed by atoms with van der Waals surface area (Å²) in [5.74, 6) is -2.54. The van der Waals surface area contributed by atoms with Gasteiger partial charge in [-0.3, -0.25) is 9.52 Å². The highest BCUT2D eigenvalue weighted by Gasteiger charge is 2.32. The van der Waals surface area contributed by atoms with Crippen molar-refractivity contribution in [1.82, 2.24) is 9.21 Å². The minimum Gasteiger partial charge on any atom is -0.336 e. The number of amides is 1. The van der Waals surface area contributed by atoms with E-state index < -0.39 is 42.5 Å². The van der Waals surface area contributed by atoms with Gasteiger partial charge in [-0.25, -0.2) is 25.6 Å². The second kappa shape index (κ2) is 8.28. The molecule has 0 spiro atoms. The van der Waals surface area contributed by atoms with E-state index in [0.29, 0.717) is 6.07 Å². The maximum atomic E-state index is 13.9. The molecule has 0 bridgehead atoms. The maximum absolute atomic E-state index is 13.9. The third kappa shape index (κ3) is 4.77. The van der Waals surface area contributed by atoms with Crippen molar-refractivity contribution < 1.29 is 30.4 Å². The lowest BCUT2D eigenvalue weighted by atomic mass is 10.1. The van der Waals surface area contributed by atoms with Gasteiger partial charge in [-0.2, -0.15) is 4.31 Å². The molecule has 0 radical (unpaired) electrons. The molecule has 30 heavy (non-hydrogen) atoms. The second-order valence-corrected chi connectivity index (χ2v) is 10.3. The molecular weight excluding hydrogens is 440 g/mol. The summed E-state index contributed by atoms with van der Waals surface area (Å²) in [7, 11) is -7.79. The molecule has 0 aromatic heterocycles. The van der Waals surface area contributed by atoms with Gasteiger partial charge in [0.25, 0.3) is 5.91 Å². The van der Waals surface area contributed by atoms with E-state index in [1.54, 1.807) is 12.1 Å². The molecule has 3 rings (SSSR count). The largest absolute Gasteiger partial charge is 0.336 e. The summed E-state index contributed by atoms with van der Waals surface area (Å²) in [6.07, 6.45) is 0.965. The van der Waals surface area contributed by atoms with Crippen molar-refractivity contribution in [3.8, 4) is 0 Å². The van der Waals surface area contributed by atoms with Gasteiger partial charge in [-0.15, -0.1) is 0 Å². The fraction of sp³-hybridized carbons (Fsp3) is 0.278. The highest BCUT2D eigenvalue weighted by molar-refractivity contribution is 7.92. The van der Waals surface area contributed by atoms with Gasteiger partial charge in [-0.1, -0.05) is 12.1 Å². The fourth-order valence-corrected chi connectivity index (χ4v) is 5.13. The van der Waals surface area contributed by atoms with Crippen LogP contribution in [0.25, 0.3) is 0 Å². The van der Waals surface area contributed by atoms with Gasteiger partial charge in [0, 0.05) is 32.2 Å². The zero-order valence-corrected chi connectivity index (χ0v) is 17.5. The van der Waals surface area contributed by atoms with Crippen LogP contribution in [-0.4, -0.2) is 64.4 Å². The van der Waals surface area contributed by atoms with Crippen molar-refractivity contribution in [2.45, 2.75) is 4.90 Å². The number of anilines is 1. The van der Waals surface area contributed by atoms with E-state index in [2.05, 4.69) is 4.72 Å². The molecule has 1 aliphatic heterocycles. The number of nitrogens with one attached hydrogen (secondary N) is 1. The second-order valence-electron chi connectivity index (χ2n) is 6.69. The maximum Gasteiger partial charge on any atom is 0.256 e. The molecule has 2 aromatic rings. The van der Waals surface area contributed by atoms with E-state index in [4.69, 9.17) is 0 Å².